The van der Waals surface area contributed by atoms with E-state index in [1.807, 2.05) is 0 Å². The minimum absolute atomic E-state index is 0.106. The van der Waals surface area contributed by atoms with Gasteiger partial charge in [0.2, 0.25) is 0 Å². The predicted octanol–water partition coefficient (Wildman–Crippen LogP) is 24.5. The number of hydrogen-bond acceptors (Lipinski definition) is 15. The van der Waals surface area contributed by atoms with Gasteiger partial charge in [0.15, 0.2) is 12.2 Å². The van der Waals surface area contributed by atoms with E-state index in [9.17, 15) is 43.2 Å². The quantitative estimate of drug-likeness (QED) is 0.0222. The zero-order valence-corrected chi connectivity index (χ0v) is 68.2. The van der Waals surface area contributed by atoms with Crippen LogP contribution >= 0.6 is 15.6 Å². The van der Waals surface area contributed by atoms with Crippen LogP contribution in [0.15, 0.2) is 0 Å². The first kappa shape index (κ1) is 99.1. The smallest absolute Gasteiger partial charge is 0.462 e. The number of aliphatic hydroxyl groups is 1. The number of esters is 4. The Balaban J connectivity index is 5.28. The summed E-state index contributed by atoms with van der Waals surface area (Å²) < 4.78 is 68.8. The number of carbonyl (C=O) groups is 4. The normalized spacial score (nSPS) is 14.5. The highest BCUT2D eigenvalue weighted by Crippen LogP contribution is 2.45. The fourth-order valence-corrected chi connectivity index (χ4v) is 14.2. The number of hydrogen-bond donors (Lipinski definition) is 3. The van der Waals surface area contributed by atoms with Crippen molar-refractivity contribution in [3.8, 4) is 0 Å². The van der Waals surface area contributed by atoms with Gasteiger partial charge in [0.05, 0.1) is 26.4 Å². The van der Waals surface area contributed by atoms with Crippen molar-refractivity contribution in [3.63, 3.8) is 0 Å². The SMILES string of the molecule is CCCCCCCCCCCCCCCCCCC(=O)OC[C@H](COP(=O)(O)OC[C@@H](O)COP(=O)(O)OC[C@@H](COC(=O)CCCCCCCCCCCCC(C)C)OC(=O)CCCCCCCCCCCCC(C)CC)OC(=O)CCCCCCCCCCCCCCCCC(C)CC. The molecule has 17 nitrogen and oxygen atoms in total. The number of unbranched alkanes of at least 4 members (excludes halogenated alkanes) is 46. The minimum atomic E-state index is -4.96. The molecule has 0 aromatic heterocycles. The van der Waals surface area contributed by atoms with Crippen LogP contribution < -0.4 is 0 Å². The Morgan fingerprint density at radius 1 is 0.287 bits per heavy atom. The number of phosphoric ester groups is 2. The Morgan fingerprint density at radius 2 is 0.505 bits per heavy atom. The molecule has 0 fully saturated rings. The summed E-state index contributed by atoms with van der Waals surface area (Å²) in [6.07, 6.45) is 60.8. The van der Waals surface area contributed by atoms with E-state index in [4.69, 9.17) is 37.0 Å². The van der Waals surface area contributed by atoms with E-state index < -0.39 is 97.5 Å². The van der Waals surface area contributed by atoms with Gasteiger partial charge in [0.25, 0.3) is 0 Å². The van der Waals surface area contributed by atoms with Crippen LogP contribution in [0.1, 0.15) is 427 Å². The van der Waals surface area contributed by atoms with Crippen molar-refractivity contribution in [3.05, 3.63) is 0 Å². The second-order valence-corrected chi connectivity index (χ2v) is 33.4. The summed E-state index contributed by atoms with van der Waals surface area (Å²) in [4.78, 5) is 73.1. The molecule has 0 aliphatic carbocycles. The van der Waals surface area contributed by atoms with E-state index in [0.717, 1.165) is 108 Å². The maximum absolute atomic E-state index is 13.1. The van der Waals surface area contributed by atoms with E-state index >= 15 is 0 Å². The first-order valence-corrected chi connectivity index (χ1v) is 45.4. The Hall–Kier alpha value is -1.94. The Labute approximate surface area is 619 Å². The van der Waals surface area contributed by atoms with Gasteiger partial charge in [0.1, 0.15) is 19.3 Å². The average molecular weight is 1480 g/mol. The van der Waals surface area contributed by atoms with Crippen LogP contribution in [0.5, 0.6) is 0 Å². The highest BCUT2D eigenvalue weighted by atomic mass is 31.2. The number of rotatable bonds is 80. The molecule has 0 heterocycles. The second kappa shape index (κ2) is 72.3. The Morgan fingerprint density at radius 3 is 0.752 bits per heavy atom. The van der Waals surface area contributed by atoms with Crippen LogP contribution in [0.3, 0.4) is 0 Å². The summed E-state index contributed by atoms with van der Waals surface area (Å²) in [5.41, 5.74) is 0. The van der Waals surface area contributed by atoms with Crippen LogP contribution in [0.4, 0.5) is 0 Å². The number of phosphoric acid groups is 2. The average Bonchev–Trinajstić information content (AvgIpc) is 0.921. The van der Waals surface area contributed by atoms with E-state index in [0.29, 0.717) is 25.7 Å². The highest BCUT2D eigenvalue weighted by molar-refractivity contribution is 7.47. The van der Waals surface area contributed by atoms with Gasteiger partial charge < -0.3 is 33.8 Å². The molecule has 19 heteroatoms. The molecule has 0 saturated carbocycles. The molecular weight excluding hydrogens is 1320 g/mol. The van der Waals surface area contributed by atoms with Gasteiger partial charge in [-0.15, -0.1) is 0 Å². The van der Waals surface area contributed by atoms with Gasteiger partial charge in [-0.2, -0.15) is 0 Å². The van der Waals surface area contributed by atoms with Crippen molar-refractivity contribution < 1.29 is 80.2 Å². The minimum Gasteiger partial charge on any atom is -0.462 e. The standard InChI is InChI=1S/C82H160O17P2/c1-8-11-12-13-14-15-16-17-18-19-23-26-35-42-49-56-63-79(84)92-69-77(98-81(86)65-58-51-44-37-27-24-21-20-22-25-33-40-47-54-61-74(6)9-2)71-96-100(88,89)94-67-76(83)68-95-101(90,91)97-72-78(70-93-80(85)64-57-50-43-36-30-28-32-39-46-53-60-73(4)5)99-82(87)66-59-52-45-38-31-29-34-41-48-55-62-75(7)10-3/h73-78,83H,8-72H2,1-7H3,(H,88,89)(H,90,91)/t74?,75?,76-,77-,78-/m1/s1. The predicted molar refractivity (Wildman–Crippen MR) is 414 cm³/mol. The number of carbonyl (C=O) groups excluding carboxylic acids is 4. The molecular formula is C82H160O17P2. The van der Waals surface area contributed by atoms with Gasteiger partial charge in [-0.05, 0) is 43.4 Å². The Kier molecular flexibility index (Phi) is 70.9. The van der Waals surface area contributed by atoms with E-state index in [1.54, 1.807) is 0 Å². The lowest BCUT2D eigenvalue weighted by molar-refractivity contribution is -0.161. The molecule has 0 aliphatic rings. The fourth-order valence-electron chi connectivity index (χ4n) is 12.6. The summed E-state index contributed by atoms with van der Waals surface area (Å²) in [7, 11) is -9.92. The third-order valence-corrected chi connectivity index (χ3v) is 21.8. The first-order chi connectivity index (χ1) is 48.8. The van der Waals surface area contributed by atoms with Crippen LogP contribution in [0.25, 0.3) is 0 Å². The summed E-state index contributed by atoms with van der Waals surface area (Å²) in [5, 5.41) is 10.7. The van der Waals surface area contributed by atoms with E-state index in [1.165, 1.54) is 238 Å². The Bertz CT molecular complexity index is 1960. The van der Waals surface area contributed by atoms with Crippen LogP contribution in [0.2, 0.25) is 0 Å². The van der Waals surface area contributed by atoms with Crippen molar-refractivity contribution >= 4 is 39.5 Å². The van der Waals surface area contributed by atoms with Crippen molar-refractivity contribution in [1.82, 2.24) is 0 Å². The van der Waals surface area contributed by atoms with Crippen molar-refractivity contribution in [2.75, 3.05) is 39.6 Å². The molecule has 7 atom stereocenters. The molecule has 4 unspecified atom stereocenters. The van der Waals surface area contributed by atoms with Crippen molar-refractivity contribution in [1.29, 1.82) is 0 Å². The van der Waals surface area contributed by atoms with Crippen LogP contribution in [-0.2, 0) is 65.4 Å². The van der Waals surface area contributed by atoms with Gasteiger partial charge in [-0.1, -0.05) is 376 Å². The monoisotopic (exact) mass is 1480 g/mol. The highest BCUT2D eigenvalue weighted by Gasteiger charge is 2.30. The molecule has 0 amide bonds. The zero-order chi connectivity index (χ0) is 74.4. The van der Waals surface area contributed by atoms with Crippen LogP contribution in [-0.4, -0.2) is 96.7 Å². The molecule has 0 saturated heterocycles. The topological polar surface area (TPSA) is 237 Å². The zero-order valence-electron chi connectivity index (χ0n) is 66.4. The lowest BCUT2D eigenvalue weighted by Gasteiger charge is -2.21. The van der Waals surface area contributed by atoms with Gasteiger partial charge in [0, 0.05) is 25.7 Å². The summed E-state index contributed by atoms with van der Waals surface area (Å²) in [6.45, 7) is 12.0. The first-order valence-electron chi connectivity index (χ1n) is 42.4. The molecule has 0 spiro atoms. The lowest BCUT2D eigenvalue weighted by atomic mass is 9.99. The molecule has 0 aromatic carbocycles. The van der Waals surface area contributed by atoms with Crippen molar-refractivity contribution in [2.45, 2.75) is 446 Å². The lowest BCUT2D eigenvalue weighted by Crippen LogP contribution is -2.30. The van der Waals surface area contributed by atoms with E-state index in [-0.39, 0.29) is 25.7 Å². The van der Waals surface area contributed by atoms with Gasteiger partial charge in [-0.3, -0.25) is 37.3 Å². The third-order valence-electron chi connectivity index (χ3n) is 19.9. The van der Waals surface area contributed by atoms with Crippen LogP contribution in [0, 0.1) is 17.8 Å². The third kappa shape index (κ3) is 73.4. The van der Waals surface area contributed by atoms with Crippen molar-refractivity contribution in [2.24, 2.45) is 17.8 Å². The summed E-state index contributed by atoms with van der Waals surface area (Å²) in [6, 6.07) is 0. The maximum atomic E-state index is 13.1. The van der Waals surface area contributed by atoms with E-state index in [2.05, 4.69) is 48.5 Å². The number of ether oxygens (including phenoxy) is 4. The maximum Gasteiger partial charge on any atom is 0.472 e. The molecule has 0 aliphatic heterocycles. The molecule has 3 N–H and O–H groups in total. The molecule has 0 bridgehead atoms. The van der Waals surface area contributed by atoms with Gasteiger partial charge >= 0.3 is 39.5 Å². The number of aliphatic hydroxyl groups excluding tert-OH is 1. The fraction of sp³-hybridized carbons (Fsp3) is 0.951. The molecule has 600 valence electrons. The molecule has 101 heavy (non-hydrogen) atoms. The molecule has 0 aromatic rings. The van der Waals surface area contributed by atoms with Gasteiger partial charge in [-0.25, -0.2) is 9.13 Å². The summed E-state index contributed by atoms with van der Waals surface area (Å²) in [5.74, 6) is 0.299. The second-order valence-electron chi connectivity index (χ2n) is 30.5. The molecule has 0 rings (SSSR count). The largest absolute Gasteiger partial charge is 0.472 e. The summed E-state index contributed by atoms with van der Waals surface area (Å²) >= 11 is 0. The molecule has 0 radical (unpaired) electrons.